The van der Waals surface area contributed by atoms with Gasteiger partial charge in [0.25, 0.3) is 0 Å². The molecule has 14 heavy (non-hydrogen) atoms. The van der Waals surface area contributed by atoms with Crippen LogP contribution in [0.25, 0.3) is 0 Å². The zero-order valence-electron chi connectivity index (χ0n) is 8.74. The first-order valence-electron chi connectivity index (χ1n) is 4.86. The second-order valence-corrected chi connectivity index (χ2v) is 3.97. The SMILES string of the molecule is CC(C)COCCn1cnc(CCl)c1. The molecule has 0 spiro atoms. The summed E-state index contributed by atoms with van der Waals surface area (Å²) in [4.78, 5) is 4.12. The van der Waals surface area contributed by atoms with Crippen LogP contribution in [0.5, 0.6) is 0 Å². The molecule has 3 nitrogen and oxygen atoms in total. The minimum absolute atomic E-state index is 0.472. The van der Waals surface area contributed by atoms with Gasteiger partial charge in [-0.05, 0) is 5.92 Å². The Hall–Kier alpha value is -0.540. The van der Waals surface area contributed by atoms with Gasteiger partial charge in [0, 0.05) is 19.3 Å². The van der Waals surface area contributed by atoms with Crippen LogP contribution in [0, 0.1) is 5.92 Å². The van der Waals surface area contributed by atoms with Crippen molar-refractivity contribution in [2.24, 2.45) is 5.92 Å². The molecule has 0 aliphatic heterocycles. The Morgan fingerprint density at radius 2 is 2.36 bits per heavy atom. The molecular weight excluding hydrogens is 200 g/mol. The fourth-order valence-corrected chi connectivity index (χ4v) is 1.22. The van der Waals surface area contributed by atoms with Crippen LogP contribution >= 0.6 is 11.6 Å². The Labute approximate surface area is 90.0 Å². The molecule has 0 saturated heterocycles. The maximum atomic E-state index is 5.64. The van der Waals surface area contributed by atoms with Gasteiger partial charge in [0.05, 0.1) is 24.5 Å². The summed E-state index contributed by atoms with van der Waals surface area (Å²) < 4.78 is 7.46. The van der Waals surface area contributed by atoms with E-state index in [1.807, 2.05) is 10.8 Å². The lowest BCUT2D eigenvalue weighted by molar-refractivity contribution is 0.103. The molecule has 80 valence electrons. The van der Waals surface area contributed by atoms with Crippen molar-refractivity contribution in [3.05, 3.63) is 18.2 Å². The molecule has 0 unspecified atom stereocenters. The van der Waals surface area contributed by atoms with E-state index in [9.17, 15) is 0 Å². The van der Waals surface area contributed by atoms with E-state index in [1.165, 1.54) is 0 Å². The smallest absolute Gasteiger partial charge is 0.0950 e. The maximum Gasteiger partial charge on any atom is 0.0950 e. The van der Waals surface area contributed by atoms with E-state index in [0.717, 1.165) is 25.5 Å². The third-order valence-corrected chi connectivity index (χ3v) is 2.04. The molecule has 0 N–H and O–H groups in total. The van der Waals surface area contributed by atoms with Crippen molar-refractivity contribution in [3.8, 4) is 0 Å². The van der Waals surface area contributed by atoms with E-state index in [1.54, 1.807) is 6.33 Å². The first-order chi connectivity index (χ1) is 6.72. The highest BCUT2D eigenvalue weighted by Crippen LogP contribution is 2.00. The second-order valence-electron chi connectivity index (χ2n) is 3.71. The minimum atomic E-state index is 0.472. The number of halogens is 1. The summed E-state index contributed by atoms with van der Waals surface area (Å²) in [7, 11) is 0. The number of alkyl halides is 1. The highest BCUT2D eigenvalue weighted by atomic mass is 35.5. The standard InChI is InChI=1S/C10H17ClN2O/c1-9(2)7-14-4-3-13-6-10(5-11)12-8-13/h6,8-9H,3-5,7H2,1-2H3. The van der Waals surface area contributed by atoms with Gasteiger partial charge >= 0.3 is 0 Å². The molecule has 0 aliphatic rings. The molecule has 0 saturated carbocycles. The van der Waals surface area contributed by atoms with Crippen LogP contribution < -0.4 is 0 Å². The summed E-state index contributed by atoms with van der Waals surface area (Å²) in [5, 5.41) is 0. The third kappa shape index (κ3) is 4.11. The third-order valence-electron chi connectivity index (χ3n) is 1.77. The summed E-state index contributed by atoms with van der Waals surface area (Å²) in [6.45, 7) is 6.68. The number of rotatable bonds is 6. The first kappa shape index (κ1) is 11.5. The summed E-state index contributed by atoms with van der Waals surface area (Å²) >= 11 is 5.64. The number of imidazole rings is 1. The molecule has 0 aromatic carbocycles. The predicted molar refractivity (Wildman–Crippen MR) is 57.4 cm³/mol. The van der Waals surface area contributed by atoms with Gasteiger partial charge in [-0.2, -0.15) is 0 Å². The van der Waals surface area contributed by atoms with Gasteiger partial charge < -0.3 is 9.30 Å². The normalized spacial score (nSPS) is 11.1. The van der Waals surface area contributed by atoms with Crippen LogP contribution in [-0.2, 0) is 17.2 Å². The first-order valence-corrected chi connectivity index (χ1v) is 5.40. The molecule has 1 heterocycles. The summed E-state index contributed by atoms with van der Waals surface area (Å²) in [5.41, 5.74) is 0.913. The fourth-order valence-electron chi connectivity index (χ4n) is 1.09. The zero-order chi connectivity index (χ0) is 10.4. The van der Waals surface area contributed by atoms with Crippen molar-refractivity contribution in [1.82, 2.24) is 9.55 Å². The molecule has 1 aromatic rings. The molecule has 0 bridgehead atoms. The van der Waals surface area contributed by atoms with E-state index < -0.39 is 0 Å². The molecule has 0 amide bonds. The fraction of sp³-hybridized carbons (Fsp3) is 0.700. The van der Waals surface area contributed by atoms with Crippen molar-refractivity contribution in [2.45, 2.75) is 26.3 Å². The average Bonchev–Trinajstić information content (AvgIpc) is 2.60. The molecule has 0 aliphatic carbocycles. The van der Waals surface area contributed by atoms with Gasteiger partial charge in [0.1, 0.15) is 0 Å². The average molecular weight is 217 g/mol. The molecule has 1 aromatic heterocycles. The van der Waals surface area contributed by atoms with Crippen molar-refractivity contribution in [1.29, 1.82) is 0 Å². The van der Waals surface area contributed by atoms with Crippen molar-refractivity contribution >= 4 is 11.6 Å². The Morgan fingerprint density at radius 3 is 2.93 bits per heavy atom. The lowest BCUT2D eigenvalue weighted by Gasteiger charge is -2.06. The lowest BCUT2D eigenvalue weighted by atomic mass is 10.2. The Bertz CT molecular complexity index is 260. The van der Waals surface area contributed by atoms with Crippen LogP contribution in [0.15, 0.2) is 12.5 Å². The zero-order valence-corrected chi connectivity index (χ0v) is 9.50. The van der Waals surface area contributed by atoms with Crippen LogP contribution in [0.2, 0.25) is 0 Å². The van der Waals surface area contributed by atoms with Gasteiger partial charge in [-0.1, -0.05) is 13.8 Å². The van der Waals surface area contributed by atoms with Gasteiger partial charge in [-0.25, -0.2) is 4.98 Å². The number of hydrogen-bond donors (Lipinski definition) is 0. The van der Waals surface area contributed by atoms with Crippen LogP contribution in [0.1, 0.15) is 19.5 Å². The quantitative estimate of drug-likeness (QED) is 0.539. The summed E-state index contributed by atoms with van der Waals surface area (Å²) in [6, 6.07) is 0. The number of ether oxygens (including phenoxy) is 1. The van der Waals surface area contributed by atoms with E-state index in [4.69, 9.17) is 16.3 Å². The van der Waals surface area contributed by atoms with E-state index in [0.29, 0.717) is 11.8 Å². The van der Waals surface area contributed by atoms with E-state index in [-0.39, 0.29) is 0 Å². The van der Waals surface area contributed by atoms with E-state index in [2.05, 4.69) is 18.8 Å². The summed E-state index contributed by atoms with van der Waals surface area (Å²) in [6.07, 6.45) is 3.74. The van der Waals surface area contributed by atoms with Crippen LogP contribution in [0.3, 0.4) is 0 Å². The highest BCUT2D eigenvalue weighted by Gasteiger charge is 1.97. The number of aromatic nitrogens is 2. The molecule has 0 fully saturated rings. The van der Waals surface area contributed by atoms with Crippen molar-refractivity contribution < 1.29 is 4.74 Å². The molecule has 4 heteroatoms. The lowest BCUT2D eigenvalue weighted by Crippen LogP contribution is -2.08. The predicted octanol–water partition coefficient (Wildman–Crippen LogP) is 2.29. The Morgan fingerprint density at radius 1 is 1.57 bits per heavy atom. The topological polar surface area (TPSA) is 27.1 Å². The van der Waals surface area contributed by atoms with Crippen molar-refractivity contribution in [2.75, 3.05) is 13.2 Å². The second kappa shape index (κ2) is 6.04. The molecule has 0 radical (unpaired) electrons. The Balaban J connectivity index is 2.18. The monoisotopic (exact) mass is 216 g/mol. The van der Waals surface area contributed by atoms with Crippen molar-refractivity contribution in [3.63, 3.8) is 0 Å². The Kier molecular flexibility index (Phi) is 4.98. The molecular formula is C10H17ClN2O. The number of hydrogen-bond acceptors (Lipinski definition) is 2. The minimum Gasteiger partial charge on any atom is -0.379 e. The largest absolute Gasteiger partial charge is 0.379 e. The van der Waals surface area contributed by atoms with Gasteiger partial charge in [0.15, 0.2) is 0 Å². The van der Waals surface area contributed by atoms with Crippen LogP contribution in [-0.4, -0.2) is 22.8 Å². The number of nitrogens with zero attached hydrogens (tertiary/aromatic N) is 2. The van der Waals surface area contributed by atoms with Gasteiger partial charge in [0.2, 0.25) is 0 Å². The highest BCUT2D eigenvalue weighted by molar-refractivity contribution is 6.16. The van der Waals surface area contributed by atoms with E-state index >= 15 is 0 Å². The van der Waals surface area contributed by atoms with Gasteiger partial charge in [-0.15, -0.1) is 11.6 Å². The molecule has 0 atom stereocenters. The van der Waals surface area contributed by atoms with Gasteiger partial charge in [-0.3, -0.25) is 0 Å². The molecule has 1 rings (SSSR count). The van der Waals surface area contributed by atoms with Crippen LogP contribution in [0.4, 0.5) is 0 Å². The maximum absolute atomic E-state index is 5.64. The summed E-state index contributed by atoms with van der Waals surface area (Å²) in [5.74, 6) is 1.07.